The third-order valence-corrected chi connectivity index (χ3v) is 6.56. The van der Waals surface area contributed by atoms with E-state index >= 15 is 0 Å². The fourth-order valence-corrected chi connectivity index (χ4v) is 3.96. The van der Waals surface area contributed by atoms with E-state index in [2.05, 4.69) is 27.7 Å². The van der Waals surface area contributed by atoms with Gasteiger partial charge in [-0.1, -0.05) is 66.2 Å². The van der Waals surface area contributed by atoms with E-state index in [4.69, 9.17) is 18.9 Å². The number of carbonyl (C=O) groups excluding carboxylic acids is 2. The molecule has 0 aromatic heterocycles. The molecule has 0 bridgehead atoms. The first kappa shape index (κ1) is 30.6. The number of phenols is 1. The monoisotopic (exact) mass is 494 g/mol. The first-order valence-corrected chi connectivity index (χ1v) is 13.1. The lowest BCUT2D eigenvalue weighted by atomic mass is 9.97. The van der Waals surface area contributed by atoms with Crippen LogP contribution in [-0.4, -0.2) is 44.5 Å². The molecule has 0 aliphatic heterocycles. The van der Waals surface area contributed by atoms with Gasteiger partial charge in [0.05, 0.1) is 27.4 Å². The molecule has 2 atom stereocenters. The maximum Gasteiger partial charge on any atom is 0.320 e. The Hall–Kier alpha value is -2.44. The number of carbonyl (C=O) groups is 2. The molecule has 7 nitrogen and oxygen atoms in total. The molecule has 0 radical (unpaired) electrons. The van der Waals surface area contributed by atoms with Crippen molar-refractivity contribution in [1.29, 1.82) is 0 Å². The van der Waals surface area contributed by atoms with Crippen molar-refractivity contribution in [3.63, 3.8) is 0 Å². The lowest BCUT2D eigenvalue weighted by Gasteiger charge is -2.21. The maximum atomic E-state index is 13.1. The predicted octanol–water partition coefficient (Wildman–Crippen LogP) is 6.09. The summed E-state index contributed by atoms with van der Waals surface area (Å²) in [6, 6.07) is 3.19. The van der Waals surface area contributed by atoms with Crippen LogP contribution in [0.15, 0.2) is 12.1 Å². The Morgan fingerprint density at radius 2 is 1.23 bits per heavy atom. The summed E-state index contributed by atoms with van der Waals surface area (Å²) in [7, 11) is 2.86. The van der Waals surface area contributed by atoms with Crippen LogP contribution in [0.3, 0.4) is 0 Å². The van der Waals surface area contributed by atoms with E-state index < -0.39 is 17.9 Å². The summed E-state index contributed by atoms with van der Waals surface area (Å²) < 4.78 is 21.7. The molecule has 1 N–H and O–H groups in total. The molecular formula is C28H46O7. The van der Waals surface area contributed by atoms with Crippen molar-refractivity contribution in [3.05, 3.63) is 17.7 Å². The Morgan fingerprint density at radius 1 is 0.800 bits per heavy atom. The number of benzene rings is 1. The minimum absolute atomic E-state index is 0.0577. The summed E-state index contributed by atoms with van der Waals surface area (Å²) in [5, 5.41) is 10.2. The molecule has 1 aromatic carbocycles. The zero-order valence-electron chi connectivity index (χ0n) is 22.6. The van der Waals surface area contributed by atoms with Gasteiger partial charge in [-0.2, -0.15) is 0 Å². The molecule has 0 aliphatic rings. The minimum Gasteiger partial charge on any atom is -0.502 e. The van der Waals surface area contributed by atoms with Crippen LogP contribution in [0, 0.1) is 17.8 Å². The van der Waals surface area contributed by atoms with Gasteiger partial charge >= 0.3 is 11.9 Å². The highest BCUT2D eigenvalue weighted by atomic mass is 16.6. The second-order valence-electron chi connectivity index (χ2n) is 9.20. The molecule has 200 valence electrons. The van der Waals surface area contributed by atoms with Gasteiger partial charge in [-0.3, -0.25) is 9.59 Å². The standard InChI is InChI=1S/C28H46O7/c1-7-11-13-20(9-3)18-34-27(30)23(28(31)35-19-21(10-4)14-12-8-2)15-22-16-24(32-5)26(29)25(17-22)33-6/h16-17,20-21,23,29H,7-15,18-19H2,1-6H3. The second-order valence-corrected chi connectivity index (χ2v) is 9.20. The molecular weight excluding hydrogens is 448 g/mol. The molecule has 0 aliphatic carbocycles. The van der Waals surface area contributed by atoms with Crippen LogP contribution in [0.25, 0.3) is 0 Å². The van der Waals surface area contributed by atoms with Crippen molar-refractivity contribution in [2.75, 3.05) is 27.4 Å². The Morgan fingerprint density at radius 3 is 1.57 bits per heavy atom. The van der Waals surface area contributed by atoms with E-state index in [-0.39, 0.29) is 48.7 Å². The van der Waals surface area contributed by atoms with E-state index in [9.17, 15) is 14.7 Å². The molecule has 1 rings (SSSR count). The fourth-order valence-electron chi connectivity index (χ4n) is 3.96. The summed E-state index contributed by atoms with van der Waals surface area (Å²) >= 11 is 0. The highest BCUT2D eigenvalue weighted by molar-refractivity contribution is 5.95. The smallest absolute Gasteiger partial charge is 0.320 e. The number of phenolic OH excluding ortho intramolecular Hbond substituents is 1. The molecule has 7 heteroatoms. The summed E-state index contributed by atoms with van der Waals surface area (Å²) in [6.45, 7) is 9.00. The zero-order valence-corrected chi connectivity index (χ0v) is 22.6. The largest absolute Gasteiger partial charge is 0.502 e. The van der Waals surface area contributed by atoms with Gasteiger partial charge in [-0.05, 0) is 48.8 Å². The van der Waals surface area contributed by atoms with Crippen molar-refractivity contribution in [3.8, 4) is 17.2 Å². The van der Waals surface area contributed by atoms with Gasteiger partial charge in [-0.15, -0.1) is 0 Å². The first-order valence-electron chi connectivity index (χ1n) is 13.1. The number of methoxy groups -OCH3 is 2. The van der Waals surface area contributed by atoms with Crippen LogP contribution in [0.1, 0.15) is 84.6 Å². The maximum absolute atomic E-state index is 13.1. The van der Waals surface area contributed by atoms with E-state index in [1.54, 1.807) is 12.1 Å². The van der Waals surface area contributed by atoms with Crippen molar-refractivity contribution in [2.24, 2.45) is 17.8 Å². The van der Waals surface area contributed by atoms with Crippen molar-refractivity contribution >= 4 is 11.9 Å². The topological polar surface area (TPSA) is 91.3 Å². The van der Waals surface area contributed by atoms with E-state index in [1.807, 2.05) is 0 Å². The molecule has 0 saturated carbocycles. The molecule has 2 unspecified atom stereocenters. The van der Waals surface area contributed by atoms with Gasteiger partial charge in [-0.25, -0.2) is 0 Å². The lowest BCUT2D eigenvalue weighted by Crippen LogP contribution is -2.32. The normalized spacial score (nSPS) is 13.5. The zero-order chi connectivity index (χ0) is 26.2. The SMILES string of the molecule is CCCCC(CC)COC(=O)C(Cc1cc(OC)c(O)c(OC)c1)C(=O)OCC(CC)CCCC. The molecule has 1 aromatic rings. The van der Waals surface area contributed by atoms with E-state index in [0.29, 0.717) is 5.56 Å². The van der Waals surface area contributed by atoms with E-state index in [0.717, 1.165) is 51.4 Å². The molecule has 0 amide bonds. The Labute approximate surface area is 211 Å². The molecule has 0 heterocycles. The highest BCUT2D eigenvalue weighted by Crippen LogP contribution is 2.37. The Bertz CT molecular complexity index is 705. The van der Waals surface area contributed by atoms with Crippen LogP contribution in [0.4, 0.5) is 0 Å². The number of ether oxygens (including phenoxy) is 4. The Balaban J connectivity index is 3.06. The van der Waals surface area contributed by atoms with Crippen molar-refractivity contribution in [2.45, 2.75) is 85.5 Å². The van der Waals surface area contributed by atoms with Gasteiger partial charge < -0.3 is 24.1 Å². The second kappa shape index (κ2) is 17.1. The number of hydrogen-bond donors (Lipinski definition) is 1. The van der Waals surface area contributed by atoms with Crippen molar-refractivity contribution in [1.82, 2.24) is 0 Å². The average Bonchev–Trinajstić information content (AvgIpc) is 2.87. The number of rotatable bonds is 18. The molecule has 0 fully saturated rings. The first-order chi connectivity index (χ1) is 16.8. The minimum atomic E-state index is -1.11. The van der Waals surface area contributed by atoms with Crippen LogP contribution in [0.5, 0.6) is 17.2 Å². The van der Waals surface area contributed by atoms with E-state index in [1.165, 1.54) is 14.2 Å². The third-order valence-electron chi connectivity index (χ3n) is 6.56. The van der Waals surface area contributed by atoms with Crippen molar-refractivity contribution < 1.29 is 33.6 Å². The summed E-state index contributed by atoms with van der Waals surface area (Å²) in [4.78, 5) is 26.2. The number of esters is 2. The number of aromatic hydroxyl groups is 1. The van der Waals surface area contributed by atoms with Gasteiger partial charge in [0.2, 0.25) is 5.75 Å². The van der Waals surface area contributed by atoms with Crippen LogP contribution >= 0.6 is 0 Å². The summed E-state index contributed by atoms with van der Waals surface area (Å²) in [5.41, 5.74) is 0.603. The number of unbranched alkanes of at least 4 members (excludes halogenated alkanes) is 2. The summed E-state index contributed by atoms with van der Waals surface area (Å²) in [5.74, 6) is -1.47. The van der Waals surface area contributed by atoms with Gasteiger partial charge in [0, 0.05) is 0 Å². The van der Waals surface area contributed by atoms with Gasteiger partial charge in [0.15, 0.2) is 17.4 Å². The molecule has 35 heavy (non-hydrogen) atoms. The Kier molecular flexibility index (Phi) is 14.9. The number of hydrogen-bond acceptors (Lipinski definition) is 7. The fraction of sp³-hybridized carbons (Fsp3) is 0.714. The van der Waals surface area contributed by atoms with Crippen LogP contribution in [-0.2, 0) is 25.5 Å². The molecule has 0 saturated heterocycles. The third kappa shape index (κ3) is 10.4. The van der Waals surface area contributed by atoms with Crippen LogP contribution in [0.2, 0.25) is 0 Å². The average molecular weight is 495 g/mol. The predicted molar refractivity (Wildman–Crippen MR) is 137 cm³/mol. The van der Waals surface area contributed by atoms with Crippen LogP contribution < -0.4 is 9.47 Å². The highest BCUT2D eigenvalue weighted by Gasteiger charge is 2.32. The lowest BCUT2D eigenvalue weighted by molar-refractivity contribution is -0.163. The van der Waals surface area contributed by atoms with Gasteiger partial charge in [0.25, 0.3) is 0 Å². The quantitative estimate of drug-likeness (QED) is 0.195. The molecule has 0 spiro atoms. The van der Waals surface area contributed by atoms with Gasteiger partial charge in [0.1, 0.15) is 0 Å². The summed E-state index contributed by atoms with van der Waals surface area (Å²) in [6.07, 6.45) is 8.16.